The number of carbonyl (C=O) groups excluding carboxylic acids is 1. The van der Waals surface area contributed by atoms with Crippen LogP contribution in [0.2, 0.25) is 5.02 Å². The number of hydrogen-bond acceptors (Lipinski definition) is 7. The van der Waals surface area contributed by atoms with Gasteiger partial charge in [-0.15, -0.1) is 0 Å². The number of likely N-dealkylation sites (tertiary alicyclic amines) is 1. The molecule has 0 bridgehead atoms. The predicted molar refractivity (Wildman–Crippen MR) is 164 cm³/mol. The fourth-order valence-electron chi connectivity index (χ4n) is 7.77. The molecular weight excluding hydrogens is 586 g/mol. The molecule has 1 amide bonds. The molecule has 3 heterocycles. The maximum absolute atomic E-state index is 17.1. The number of benzene rings is 1. The van der Waals surface area contributed by atoms with Gasteiger partial charge in [0.2, 0.25) is 0 Å². The van der Waals surface area contributed by atoms with Gasteiger partial charge in [0, 0.05) is 47.2 Å². The molecule has 4 atom stereocenters. The third kappa shape index (κ3) is 5.12. The average molecular weight is 625 g/mol. The number of halogens is 3. The highest BCUT2D eigenvalue weighted by molar-refractivity contribution is 6.31. The fraction of sp³-hybridized carbons (Fsp3) is 0.576. The fourth-order valence-corrected chi connectivity index (χ4v) is 8.04. The van der Waals surface area contributed by atoms with Gasteiger partial charge in [0.05, 0.1) is 24.2 Å². The van der Waals surface area contributed by atoms with Crippen molar-refractivity contribution in [3.63, 3.8) is 0 Å². The number of piperazine rings is 1. The molecular formula is C33H39ClF2N6O2. The average Bonchev–Trinajstić information content (AvgIpc) is 3.50. The van der Waals surface area contributed by atoms with Crippen LogP contribution in [-0.2, 0) is 23.1 Å². The summed E-state index contributed by atoms with van der Waals surface area (Å²) in [5, 5.41) is 10.2. The number of rotatable bonds is 6. The summed E-state index contributed by atoms with van der Waals surface area (Å²) in [6.07, 6.45) is 3.12. The summed E-state index contributed by atoms with van der Waals surface area (Å²) in [5.41, 5.74) is 2.33. The molecule has 2 saturated heterocycles. The lowest BCUT2D eigenvalue weighted by Gasteiger charge is -2.43. The van der Waals surface area contributed by atoms with Gasteiger partial charge in [-0.05, 0) is 76.6 Å². The molecule has 1 aromatic carbocycles. The molecule has 0 saturated carbocycles. The molecule has 4 aliphatic rings. The summed E-state index contributed by atoms with van der Waals surface area (Å²) in [4.78, 5) is 27.7. The summed E-state index contributed by atoms with van der Waals surface area (Å²) >= 11 is 6.54. The van der Waals surface area contributed by atoms with Crippen LogP contribution in [0.1, 0.15) is 74.5 Å². The van der Waals surface area contributed by atoms with Crippen LogP contribution in [0.15, 0.2) is 30.6 Å². The first-order chi connectivity index (χ1) is 21.0. The van der Waals surface area contributed by atoms with E-state index in [1.54, 1.807) is 0 Å². The molecule has 2 aliphatic heterocycles. The summed E-state index contributed by atoms with van der Waals surface area (Å²) in [5.74, 6) is -1.31. The third-order valence-corrected chi connectivity index (χ3v) is 11.0. The Labute approximate surface area is 262 Å². The van der Waals surface area contributed by atoms with Gasteiger partial charge in [-0.2, -0.15) is 15.2 Å². The van der Waals surface area contributed by atoms with Crippen LogP contribution in [0, 0.1) is 11.3 Å². The van der Waals surface area contributed by atoms with E-state index in [4.69, 9.17) is 26.3 Å². The normalized spacial score (nSPS) is 27.6. The second-order valence-electron chi connectivity index (χ2n) is 13.3. The minimum absolute atomic E-state index is 0.0162. The lowest BCUT2D eigenvalue weighted by atomic mass is 9.68. The quantitative estimate of drug-likeness (QED) is 0.385. The van der Waals surface area contributed by atoms with Crippen molar-refractivity contribution in [2.45, 2.75) is 88.0 Å². The highest BCUT2D eigenvalue weighted by Gasteiger charge is 2.51. The SMILES string of the molecule is C=C(F)C(=O)N1CCN(c2nc(OC[C@@H]3CCC(C)(C)N3C)nc3c2CC[C@@]2(CCc4c(Cl)cccc42)[C@H]3F)C[C@@H]1CC#N. The van der Waals surface area contributed by atoms with Crippen molar-refractivity contribution in [3.05, 3.63) is 58.0 Å². The second kappa shape index (κ2) is 11.6. The van der Waals surface area contributed by atoms with Crippen molar-refractivity contribution >= 4 is 23.3 Å². The Morgan fingerprint density at radius 2 is 1.93 bits per heavy atom. The monoisotopic (exact) mass is 624 g/mol. The smallest absolute Gasteiger partial charge is 0.318 e. The third-order valence-electron chi connectivity index (χ3n) is 10.6. The largest absolute Gasteiger partial charge is 0.462 e. The van der Waals surface area contributed by atoms with E-state index in [1.807, 2.05) is 23.1 Å². The van der Waals surface area contributed by atoms with Crippen molar-refractivity contribution < 1.29 is 18.3 Å². The molecule has 44 heavy (non-hydrogen) atoms. The Morgan fingerprint density at radius 1 is 1.18 bits per heavy atom. The number of anilines is 1. The summed E-state index contributed by atoms with van der Waals surface area (Å²) in [6, 6.07) is 7.58. The Bertz CT molecular complexity index is 1530. The molecule has 0 unspecified atom stereocenters. The zero-order chi connectivity index (χ0) is 31.4. The van der Waals surface area contributed by atoms with Gasteiger partial charge in [-0.25, -0.2) is 8.78 Å². The Balaban J connectivity index is 1.37. The summed E-state index contributed by atoms with van der Waals surface area (Å²) in [7, 11) is 2.09. The van der Waals surface area contributed by atoms with Crippen molar-refractivity contribution in [2.24, 2.45) is 0 Å². The number of nitriles is 1. The number of fused-ring (bicyclic) bond motifs is 3. The zero-order valence-electron chi connectivity index (χ0n) is 25.6. The maximum Gasteiger partial charge on any atom is 0.318 e. The molecule has 0 radical (unpaired) electrons. The first-order valence-corrected chi connectivity index (χ1v) is 15.8. The Hall–Kier alpha value is -3.29. The minimum atomic E-state index is -1.39. The van der Waals surface area contributed by atoms with Crippen LogP contribution in [0.3, 0.4) is 0 Å². The minimum Gasteiger partial charge on any atom is -0.462 e. The van der Waals surface area contributed by atoms with Crippen molar-refractivity contribution in [1.82, 2.24) is 19.8 Å². The van der Waals surface area contributed by atoms with Gasteiger partial charge in [-0.3, -0.25) is 9.69 Å². The number of alkyl halides is 1. The molecule has 8 nitrogen and oxygen atoms in total. The second-order valence-corrected chi connectivity index (χ2v) is 13.7. The Morgan fingerprint density at radius 3 is 2.61 bits per heavy atom. The highest BCUT2D eigenvalue weighted by Crippen LogP contribution is 2.56. The molecule has 2 aliphatic carbocycles. The number of hydrogen-bond donors (Lipinski definition) is 0. The van der Waals surface area contributed by atoms with E-state index in [-0.39, 0.29) is 37.1 Å². The van der Waals surface area contributed by atoms with Gasteiger partial charge in [0.1, 0.15) is 12.4 Å². The molecule has 6 rings (SSSR count). The maximum atomic E-state index is 17.1. The van der Waals surface area contributed by atoms with Crippen molar-refractivity contribution in [2.75, 3.05) is 38.2 Å². The topological polar surface area (TPSA) is 85.6 Å². The van der Waals surface area contributed by atoms with E-state index >= 15 is 4.39 Å². The first kappa shape index (κ1) is 30.7. The number of carbonyl (C=O) groups is 1. The molecule has 11 heteroatoms. The van der Waals surface area contributed by atoms with Gasteiger partial charge in [0.25, 0.3) is 5.91 Å². The molecule has 1 aromatic heterocycles. The first-order valence-electron chi connectivity index (χ1n) is 15.4. The molecule has 2 aromatic rings. The molecule has 234 valence electrons. The summed E-state index contributed by atoms with van der Waals surface area (Å²) < 4.78 is 37.1. The van der Waals surface area contributed by atoms with Gasteiger partial charge >= 0.3 is 6.01 Å². The lowest BCUT2D eigenvalue weighted by molar-refractivity contribution is -0.131. The van der Waals surface area contributed by atoms with E-state index in [1.165, 1.54) is 4.90 Å². The van der Waals surface area contributed by atoms with E-state index in [0.717, 1.165) is 29.5 Å². The van der Waals surface area contributed by atoms with Crippen LogP contribution >= 0.6 is 11.6 Å². The predicted octanol–water partition coefficient (Wildman–Crippen LogP) is 5.64. The molecule has 2 fully saturated rings. The zero-order valence-corrected chi connectivity index (χ0v) is 26.3. The van der Waals surface area contributed by atoms with Crippen LogP contribution in [-0.4, -0.2) is 76.6 Å². The van der Waals surface area contributed by atoms with Crippen molar-refractivity contribution in [3.8, 4) is 12.1 Å². The lowest BCUT2D eigenvalue weighted by Crippen LogP contribution is -2.55. The number of likely N-dealkylation sites (N-methyl/N-ethyl adjacent to an activating group) is 1. The number of amides is 1. The van der Waals surface area contributed by atoms with Gasteiger partial charge in [0.15, 0.2) is 12.0 Å². The van der Waals surface area contributed by atoms with E-state index in [2.05, 4.69) is 38.4 Å². The standard InChI is InChI=1S/C33H39ClF2N6O2/c1-20(35)30(43)42-17-16-41(18-21(42)11-15-37)29-24-10-14-33(13-9-23-25(33)6-5-7-26(23)34)28(36)27(24)38-31(39-29)44-19-22-8-12-32(2,3)40(22)4/h5-7,21-22,28H,1,8-14,16-19H2,2-4H3/t21-,22-,28-,33+/m0/s1. The van der Waals surface area contributed by atoms with Crippen molar-refractivity contribution in [1.29, 1.82) is 5.26 Å². The van der Waals surface area contributed by atoms with Crippen LogP contribution in [0.5, 0.6) is 6.01 Å². The van der Waals surface area contributed by atoms with E-state index in [0.29, 0.717) is 55.4 Å². The van der Waals surface area contributed by atoms with E-state index < -0.39 is 29.4 Å². The Kier molecular flexibility index (Phi) is 8.08. The van der Waals surface area contributed by atoms with E-state index in [9.17, 15) is 14.4 Å². The van der Waals surface area contributed by atoms with Crippen LogP contribution < -0.4 is 9.64 Å². The van der Waals surface area contributed by atoms with Gasteiger partial charge in [-0.1, -0.05) is 30.3 Å². The van der Waals surface area contributed by atoms with Gasteiger partial charge < -0.3 is 14.5 Å². The summed E-state index contributed by atoms with van der Waals surface area (Å²) in [6.45, 7) is 8.71. The highest BCUT2D eigenvalue weighted by atomic mass is 35.5. The molecule has 0 N–H and O–H groups in total. The molecule has 1 spiro atoms. The number of aromatic nitrogens is 2. The number of nitrogens with zero attached hydrogens (tertiary/aromatic N) is 6. The van der Waals surface area contributed by atoms with Crippen LogP contribution in [0.4, 0.5) is 14.6 Å². The number of ether oxygens (including phenoxy) is 1. The van der Waals surface area contributed by atoms with Crippen LogP contribution in [0.25, 0.3) is 0 Å².